The third kappa shape index (κ3) is 4.92. The van der Waals surface area contributed by atoms with E-state index in [1.807, 2.05) is 0 Å². The summed E-state index contributed by atoms with van der Waals surface area (Å²) >= 11 is 5.46. The van der Waals surface area contributed by atoms with E-state index in [4.69, 9.17) is 21.1 Å². The van der Waals surface area contributed by atoms with Crippen LogP contribution in [0.5, 0.6) is 0 Å². The number of rotatable bonds is 5. The predicted octanol–water partition coefficient (Wildman–Crippen LogP) is 0.0391. The van der Waals surface area contributed by atoms with E-state index in [1.165, 1.54) is 30.6 Å². The number of aromatic amines is 1. The van der Waals surface area contributed by atoms with Crippen LogP contribution in [0.25, 0.3) is 6.08 Å². The number of ether oxygens (including phenoxy) is 2. The van der Waals surface area contributed by atoms with Crippen molar-refractivity contribution >= 4 is 36.1 Å². The molecule has 10 nitrogen and oxygen atoms in total. The third-order valence-corrected chi connectivity index (χ3v) is 4.27. The number of aromatic nitrogens is 3. The first-order valence-electron chi connectivity index (χ1n) is 8.13. The van der Waals surface area contributed by atoms with Crippen LogP contribution in [0, 0.1) is 0 Å². The number of carbonyl (C=O) groups excluding carboxylic acids is 1. The van der Waals surface area contributed by atoms with Crippen LogP contribution in [-0.2, 0) is 9.47 Å². The summed E-state index contributed by atoms with van der Waals surface area (Å²) in [5.41, 5.74) is -0.126. The minimum absolute atomic E-state index is 0. The highest BCUT2D eigenvalue weighted by Gasteiger charge is 2.44. The van der Waals surface area contributed by atoms with Gasteiger partial charge in [-0.1, -0.05) is 11.6 Å². The first kappa shape index (κ1) is 22.8. The number of halogens is 2. The maximum atomic E-state index is 12.1. The summed E-state index contributed by atoms with van der Waals surface area (Å²) in [6, 6.07) is 2.91. The molecule has 0 bridgehead atoms. The van der Waals surface area contributed by atoms with Gasteiger partial charge in [-0.25, -0.2) is 9.59 Å². The van der Waals surface area contributed by atoms with Crippen molar-refractivity contribution in [3.8, 4) is 0 Å². The van der Waals surface area contributed by atoms with Crippen LogP contribution in [-0.4, -0.2) is 55.6 Å². The van der Waals surface area contributed by atoms with E-state index in [0.29, 0.717) is 0 Å². The first-order valence-corrected chi connectivity index (χ1v) is 8.57. The van der Waals surface area contributed by atoms with E-state index in [9.17, 15) is 24.6 Å². The number of hydrogen-bond acceptors (Lipinski definition) is 8. The Bertz CT molecular complexity index is 993. The molecule has 0 amide bonds. The molecule has 1 aliphatic heterocycles. The van der Waals surface area contributed by atoms with E-state index in [1.54, 1.807) is 0 Å². The van der Waals surface area contributed by atoms with Crippen molar-refractivity contribution in [3.05, 3.63) is 68.2 Å². The predicted molar refractivity (Wildman–Crippen MR) is 104 cm³/mol. The van der Waals surface area contributed by atoms with E-state index >= 15 is 0 Å². The first-order chi connectivity index (χ1) is 13.4. The number of nitrogens with zero attached hydrogens (tertiary/aromatic N) is 2. The highest BCUT2D eigenvalue weighted by molar-refractivity contribution is 6.27. The quantitative estimate of drug-likeness (QED) is 0.547. The smallest absolute Gasteiger partial charge is 0.338 e. The molecule has 4 atom stereocenters. The van der Waals surface area contributed by atoms with Crippen LogP contribution in [0.2, 0.25) is 0 Å². The fraction of sp³-hybridized carbons (Fsp3) is 0.294. The zero-order valence-electron chi connectivity index (χ0n) is 14.7. The minimum Gasteiger partial charge on any atom is -0.459 e. The zero-order valence-corrected chi connectivity index (χ0v) is 16.2. The Labute approximate surface area is 174 Å². The molecule has 156 valence electrons. The molecule has 2 aromatic rings. The van der Waals surface area contributed by atoms with Gasteiger partial charge in [-0.3, -0.25) is 19.3 Å². The summed E-state index contributed by atoms with van der Waals surface area (Å²) in [6.07, 6.45) is -0.0709. The van der Waals surface area contributed by atoms with Crippen LogP contribution < -0.4 is 11.2 Å². The minimum atomic E-state index is -1.50. The number of esters is 1. The van der Waals surface area contributed by atoms with Gasteiger partial charge in [0, 0.05) is 24.1 Å². The summed E-state index contributed by atoms with van der Waals surface area (Å²) in [5.74, 6) is -0.660. The lowest BCUT2D eigenvalue weighted by atomic mass is 10.1. The van der Waals surface area contributed by atoms with Gasteiger partial charge in [-0.2, -0.15) is 0 Å². The molecule has 0 radical (unpaired) electrons. The fourth-order valence-corrected chi connectivity index (χ4v) is 2.84. The Balaban J connectivity index is 0.00000300. The van der Waals surface area contributed by atoms with Crippen molar-refractivity contribution in [3.63, 3.8) is 0 Å². The van der Waals surface area contributed by atoms with Crippen LogP contribution in [0.3, 0.4) is 0 Å². The standard InChI is InChI=1S/C17H16ClN3O7.ClH/c18-4-1-10-7-21(17(26)20-14(10)24)15-13(23)12(22)11(28-15)8-27-16(25)9-2-5-19-6-3-9;/h1-7,11-13,15,22-23H,8H2,(H,20,24,26);1H/b4-1+;/t11-,12-,13+,15-;/m1./s1. The van der Waals surface area contributed by atoms with Gasteiger partial charge < -0.3 is 19.7 Å². The number of aliphatic hydroxyl groups is 2. The van der Waals surface area contributed by atoms with E-state index in [0.717, 1.165) is 16.3 Å². The Morgan fingerprint density at radius 3 is 2.66 bits per heavy atom. The lowest BCUT2D eigenvalue weighted by Crippen LogP contribution is -2.38. The van der Waals surface area contributed by atoms with Crippen LogP contribution >= 0.6 is 24.0 Å². The monoisotopic (exact) mass is 445 g/mol. The molecule has 3 N–H and O–H groups in total. The van der Waals surface area contributed by atoms with Gasteiger partial charge in [0.2, 0.25) is 0 Å². The molecular weight excluding hydrogens is 429 g/mol. The average Bonchev–Trinajstić information content (AvgIpc) is 2.97. The molecule has 2 aromatic heterocycles. The van der Waals surface area contributed by atoms with Gasteiger partial charge in [0.25, 0.3) is 5.56 Å². The molecule has 1 fully saturated rings. The maximum absolute atomic E-state index is 12.1. The average molecular weight is 446 g/mol. The van der Waals surface area contributed by atoms with Gasteiger partial charge in [0.1, 0.15) is 24.9 Å². The summed E-state index contributed by atoms with van der Waals surface area (Å²) in [6.45, 7) is -0.359. The van der Waals surface area contributed by atoms with Crippen molar-refractivity contribution in [1.29, 1.82) is 0 Å². The largest absolute Gasteiger partial charge is 0.459 e. The Kier molecular flexibility index (Phi) is 7.71. The molecular formula is C17H17Cl2N3O7. The molecule has 12 heteroatoms. The summed E-state index contributed by atoms with van der Waals surface area (Å²) in [7, 11) is 0. The van der Waals surface area contributed by atoms with Gasteiger partial charge in [-0.15, -0.1) is 12.4 Å². The number of carbonyl (C=O) groups is 1. The zero-order chi connectivity index (χ0) is 20.3. The highest BCUT2D eigenvalue weighted by Crippen LogP contribution is 2.28. The molecule has 0 aliphatic carbocycles. The summed E-state index contributed by atoms with van der Waals surface area (Å²) < 4.78 is 11.5. The van der Waals surface area contributed by atoms with Crippen LogP contribution in [0.4, 0.5) is 0 Å². The SMILES string of the molecule is Cl.O=C(OC[C@H]1O[C@@H](n2cc(/C=C/Cl)c(=O)[nH]c2=O)[C@@H](O)[C@@H]1O)c1ccncc1. The van der Waals surface area contributed by atoms with Crippen molar-refractivity contribution in [2.24, 2.45) is 0 Å². The van der Waals surface area contributed by atoms with E-state index in [-0.39, 0.29) is 30.1 Å². The van der Waals surface area contributed by atoms with Crippen LogP contribution in [0.15, 0.2) is 45.8 Å². The highest BCUT2D eigenvalue weighted by atomic mass is 35.5. The summed E-state index contributed by atoms with van der Waals surface area (Å²) in [4.78, 5) is 41.6. The summed E-state index contributed by atoms with van der Waals surface area (Å²) in [5, 5.41) is 20.5. The normalized spacial score (nSPS) is 23.7. The number of hydrogen-bond donors (Lipinski definition) is 3. The molecule has 1 aliphatic rings. The van der Waals surface area contributed by atoms with Gasteiger partial charge in [0.15, 0.2) is 6.23 Å². The van der Waals surface area contributed by atoms with Crippen molar-refractivity contribution in [2.75, 3.05) is 6.61 Å². The van der Waals surface area contributed by atoms with Crippen molar-refractivity contribution in [1.82, 2.24) is 14.5 Å². The Hall–Kier alpha value is -2.50. The molecule has 1 saturated heterocycles. The van der Waals surface area contributed by atoms with E-state index < -0.39 is 41.8 Å². The molecule has 29 heavy (non-hydrogen) atoms. The molecule has 3 heterocycles. The molecule has 3 rings (SSSR count). The van der Waals surface area contributed by atoms with E-state index in [2.05, 4.69) is 9.97 Å². The topological polar surface area (TPSA) is 144 Å². The lowest BCUT2D eigenvalue weighted by Gasteiger charge is -2.17. The Morgan fingerprint density at radius 2 is 2.00 bits per heavy atom. The molecule has 0 unspecified atom stereocenters. The van der Waals surface area contributed by atoms with Gasteiger partial charge in [-0.05, 0) is 18.2 Å². The second-order valence-electron chi connectivity index (χ2n) is 5.92. The molecule has 0 saturated carbocycles. The lowest BCUT2D eigenvalue weighted by molar-refractivity contribution is -0.0599. The number of nitrogens with one attached hydrogen (secondary N) is 1. The van der Waals surface area contributed by atoms with Crippen LogP contribution in [0.1, 0.15) is 22.1 Å². The number of H-pyrrole nitrogens is 1. The molecule has 0 aromatic carbocycles. The fourth-order valence-electron chi connectivity index (χ4n) is 2.70. The second kappa shape index (κ2) is 9.81. The second-order valence-corrected chi connectivity index (χ2v) is 6.18. The number of aliphatic hydroxyl groups excluding tert-OH is 2. The molecule has 0 spiro atoms. The Morgan fingerprint density at radius 1 is 1.31 bits per heavy atom. The van der Waals surface area contributed by atoms with Crippen molar-refractivity contribution < 1.29 is 24.5 Å². The van der Waals surface area contributed by atoms with Gasteiger partial charge in [0.05, 0.1) is 11.1 Å². The number of pyridine rings is 1. The maximum Gasteiger partial charge on any atom is 0.338 e. The van der Waals surface area contributed by atoms with Gasteiger partial charge >= 0.3 is 11.7 Å². The third-order valence-electron chi connectivity index (χ3n) is 4.14. The van der Waals surface area contributed by atoms with Crippen molar-refractivity contribution in [2.45, 2.75) is 24.5 Å².